The van der Waals surface area contributed by atoms with Crippen molar-refractivity contribution in [1.29, 1.82) is 10.5 Å². The topological polar surface area (TPSA) is 50.8 Å². The Morgan fingerprint density at radius 1 is 1.35 bits per heavy atom. The predicted molar refractivity (Wildman–Crippen MR) is 66.5 cm³/mol. The van der Waals surface area contributed by atoms with Crippen LogP contribution in [0.1, 0.15) is 30.4 Å². The van der Waals surface area contributed by atoms with E-state index in [1.54, 1.807) is 0 Å². The van der Waals surface area contributed by atoms with Crippen LogP contribution < -0.4 is 4.90 Å². The van der Waals surface area contributed by atoms with E-state index in [-0.39, 0.29) is 0 Å². The van der Waals surface area contributed by atoms with Gasteiger partial charge in [-0.3, -0.25) is 0 Å². The number of nitriles is 2. The Morgan fingerprint density at radius 3 is 2.71 bits per heavy atom. The number of benzene rings is 1. The van der Waals surface area contributed by atoms with Crippen molar-refractivity contribution in [3.05, 3.63) is 29.3 Å². The van der Waals surface area contributed by atoms with E-state index in [2.05, 4.69) is 17.0 Å². The van der Waals surface area contributed by atoms with Gasteiger partial charge >= 0.3 is 0 Å². The molecule has 3 nitrogen and oxygen atoms in total. The van der Waals surface area contributed by atoms with E-state index >= 15 is 0 Å². The summed E-state index contributed by atoms with van der Waals surface area (Å²) >= 11 is 0. The molecule has 0 N–H and O–H groups in total. The summed E-state index contributed by atoms with van der Waals surface area (Å²) in [5.41, 5.74) is 2.85. The van der Waals surface area contributed by atoms with Crippen molar-refractivity contribution in [2.45, 2.75) is 32.2 Å². The quantitative estimate of drug-likeness (QED) is 0.791. The van der Waals surface area contributed by atoms with E-state index in [0.29, 0.717) is 18.0 Å². The van der Waals surface area contributed by atoms with Gasteiger partial charge in [-0.15, -0.1) is 0 Å². The minimum Gasteiger partial charge on any atom is -0.366 e. The lowest BCUT2D eigenvalue weighted by atomic mass is 10.1. The van der Waals surface area contributed by atoms with Crippen LogP contribution in [0.2, 0.25) is 0 Å². The molecule has 1 saturated carbocycles. The summed E-state index contributed by atoms with van der Waals surface area (Å²) in [6.45, 7) is 2.75. The summed E-state index contributed by atoms with van der Waals surface area (Å²) < 4.78 is 0. The number of hydrogen-bond donors (Lipinski definition) is 0. The molecule has 3 heteroatoms. The van der Waals surface area contributed by atoms with Crippen LogP contribution in [0, 0.1) is 29.6 Å². The van der Waals surface area contributed by atoms with Crippen molar-refractivity contribution in [2.75, 3.05) is 11.4 Å². The molecule has 0 amide bonds. The van der Waals surface area contributed by atoms with Crippen molar-refractivity contribution in [3.8, 4) is 12.1 Å². The first-order valence-corrected chi connectivity index (χ1v) is 5.90. The van der Waals surface area contributed by atoms with Crippen molar-refractivity contribution < 1.29 is 0 Å². The molecule has 1 fully saturated rings. The van der Waals surface area contributed by atoms with Crippen molar-refractivity contribution >= 4 is 5.69 Å². The predicted octanol–water partition coefficient (Wildman–Crippen LogP) is 2.75. The van der Waals surface area contributed by atoms with Crippen LogP contribution in [0.5, 0.6) is 0 Å². The summed E-state index contributed by atoms with van der Waals surface area (Å²) in [7, 11) is 0. The first kappa shape index (κ1) is 11.5. The molecule has 1 aromatic carbocycles. The second-order valence-electron chi connectivity index (χ2n) is 4.47. The summed E-state index contributed by atoms with van der Waals surface area (Å²) in [4.78, 5) is 2.22. The first-order valence-electron chi connectivity index (χ1n) is 5.90. The van der Waals surface area contributed by atoms with Gasteiger partial charge in [-0.1, -0.05) is 6.07 Å². The van der Waals surface area contributed by atoms with Gasteiger partial charge in [0.25, 0.3) is 0 Å². The zero-order chi connectivity index (χ0) is 12.3. The maximum atomic E-state index is 9.14. The Labute approximate surface area is 102 Å². The molecule has 0 aromatic heterocycles. The average Bonchev–Trinajstić information content (AvgIpc) is 3.14. The molecule has 0 unspecified atom stereocenters. The Bertz CT molecular complexity index is 489. The van der Waals surface area contributed by atoms with Crippen LogP contribution in [0.15, 0.2) is 18.2 Å². The lowest BCUT2D eigenvalue weighted by molar-refractivity contribution is 0.791. The molecule has 0 saturated heterocycles. The molecule has 17 heavy (non-hydrogen) atoms. The molecule has 1 aliphatic rings. The van der Waals surface area contributed by atoms with Gasteiger partial charge < -0.3 is 4.90 Å². The summed E-state index contributed by atoms with van der Waals surface area (Å²) in [5, 5.41) is 17.8. The largest absolute Gasteiger partial charge is 0.366 e. The molecule has 0 heterocycles. The Balaban J connectivity index is 2.31. The molecule has 0 spiro atoms. The Kier molecular flexibility index (Phi) is 3.30. The van der Waals surface area contributed by atoms with Gasteiger partial charge in [0.15, 0.2) is 0 Å². The lowest BCUT2D eigenvalue weighted by Gasteiger charge is -2.25. The van der Waals surface area contributed by atoms with Crippen LogP contribution in [0.25, 0.3) is 0 Å². The fourth-order valence-electron chi connectivity index (χ4n) is 2.03. The third-order valence-electron chi connectivity index (χ3n) is 3.04. The van der Waals surface area contributed by atoms with Gasteiger partial charge in [0.2, 0.25) is 0 Å². The molecule has 2 rings (SSSR count). The van der Waals surface area contributed by atoms with Crippen LogP contribution in [-0.4, -0.2) is 12.6 Å². The monoisotopic (exact) mass is 225 g/mol. The number of anilines is 1. The van der Waals surface area contributed by atoms with Gasteiger partial charge in [0.1, 0.15) is 6.07 Å². The average molecular weight is 225 g/mol. The minimum atomic E-state index is 0.509. The SMILES string of the molecule is Cc1ccc(C#N)c(N(CCC#N)C2CC2)c1. The van der Waals surface area contributed by atoms with Gasteiger partial charge in [0.05, 0.1) is 23.7 Å². The van der Waals surface area contributed by atoms with Crippen LogP contribution >= 0.6 is 0 Å². The molecule has 1 aromatic rings. The minimum absolute atomic E-state index is 0.509. The number of hydrogen-bond acceptors (Lipinski definition) is 3. The molecule has 0 aliphatic heterocycles. The molecule has 1 aliphatic carbocycles. The normalized spacial score (nSPS) is 13.8. The highest BCUT2D eigenvalue weighted by atomic mass is 15.2. The van der Waals surface area contributed by atoms with E-state index in [4.69, 9.17) is 10.5 Å². The highest BCUT2D eigenvalue weighted by Crippen LogP contribution is 2.34. The number of aryl methyl sites for hydroxylation is 1. The van der Waals surface area contributed by atoms with Crippen LogP contribution in [-0.2, 0) is 0 Å². The zero-order valence-corrected chi connectivity index (χ0v) is 9.98. The van der Waals surface area contributed by atoms with Crippen LogP contribution in [0.4, 0.5) is 5.69 Å². The standard InChI is InChI=1S/C14H15N3/c1-11-3-4-12(10-16)14(9-11)17(8-2-7-15)13-5-6-13/h3-4,9,13H,2,5-6,8H2,1H3. The lowest BCUT2D eigenvalue weighted by Crippen LogP contribution is -2.27. The maximum Gasteiger partial charge on any atom is 0.101 e. The van der Waals surface area contributed by atoms with E-state index in [1.807, 2.05) is 25.1 Å². The molecule has 0 bridgehead atoms. The second-order valence-corrected chi connectivity index (χ2v) is 4.47. The highest BCUT2D eigenvalue weighted by molar-refractivity contribution is 5.62. The van der Waals surface area contributed by atoms with E-state index < -0.39 is 0 Å². The molecule has 86 valence electrons. The third-order valence-corrected chi connectivity index (χ3v) is 3.04. The van der Waals surface area contributed by atoms with Gasteiger partial charge in [0, 0.05) is 12.6 Å². The molecular weight excluding hydrogens is 210 g/mol. The van der Waals surface area contributed by atoms with Crippen molar-refractivity contribution in [1.82, 2.24) is 0 Å². The maximum absolute atomic E-state index is 9.14. The summed E-state index contributed by atoms with van der Waals surface area (Å²) in [5.74, 6) is 0. The molecule has 0 radical (unpaired) electrons. The summed E-state index contributed by atoms with van der Waals surface area (Å²) in [6.07, 6.45) is 2.85. The Hall–Kier alpha value is -2.00. The zero-order valence-electron chi connectivity index (χ0n) is 9.98. The fourth-order valence-corrected chi connectivity index (χ4v) is 2.03. The second kappa shape index (κ2) is 4.89. The van der Waals surface area contributed by atoms with Crippen molar-refractivity contribution in [2.24, 2.45) is 0 Å². The molecule has 0 atom stereocenters. The number of nitrogens with zero attached hydrogens (tertiary/aromatic N) is 3. The summed E-state index contributed by atoms with van der Waals surface area (Å²) in [6, 6.07) is 10.8. The van der Waals surface area contributed by atoms with Gasteiger partial charge in [-0.05, 0) is 37.5 Å². The Morgan fingerprint density at radius 2 is 2.12 bits per heavy atom. The van der Waals surface area contributed by atoms with E-state index in [9.17, 15) is 0 Å². The first-order chi connectivity index (χ1) is 8.26. The highest BCUT2D eigenvalue weighted by Gasteiger charge is 2.30. The van der Waals surface area contributed by atoms with Crippen LogP contribution in [0.3, 0.4) is 0 Å². The third kappa shape index (κ3) is 2.57. The van der Waals surface area contributed by atoms with Crippen molar-refractivity contribution in [3.63, 3.8) is 0 Å². The molecular formula is C14H15N3. The van der Waals surface area contributed by atoms with E-state index in [0.717, 1.165) is 17.8 Å². The smallest absolute Gasteiger partial charge is 0.101 e. The number of rotatable bonds is 4. The fraction of sp³-hybridized carbons (Fsp3) is 0.429. The van der Waals surface area contributed by atoms with Gasteiger partial charge in [-0.2, -0.15) is 10.5 Å². The van der Waals surface area contributed by atoms with E-state index in [1.165, 1.54) is 12.8 Å². The van der Waals surface area contributed by atoms with Gasteiger partial charge in [-0.25, -0.2) is 0 Å².